The Labute approximate surface area is 89.3 Å². The molecule has 0 N–H and O–H groups in total. The fraction of sp³-hybridized carbons (Fsp3) is 0.417. The van der Waals surface area contributed by atoms with E-state index in [9.17, 15) is 4.79 Å². The number of rotatable bonds is 4. The second kappa shape index (κ2) is 4.34. The van der Waals surface area contributed by atoms with Crippen LogP contribution in [0.25, 0.3) is 0 Å². The zero-order valence-electron chi connectivity index (χ0n) is 8.85. The van der Waals surface area contributed by atoms with Gasteiger partial charge in [-0.25, -0.2) is 4.79 Å². The minimum absolute atomic E-state index is 0.0219. The number of hydrogen-bond donors (Lipinski definition) is 0. The van der Waals surface area contributed by atoms with Crippen molar-refractivity contribution >= 4 is 6.09 Å². The monoisotopic (exact) mass is 205 g/mol. The van der Waals surface area contributed by atoms with Crippen LogP contribution in [0.1, 0.15) is 26.2 Å². The third-order valence-corrected chi connectivity index (χ3v) is 2.52. The van der Waals surface area contributed by atoms with Crippen molar-refractivity contribution in [2.45, 2.75) is 32.3 Å². The van der Waals surface area contributed by atoms with E-state index in [0.29, 0.717) is 0 Å². The van der Waals surface area contributed by atoms with Gasteiger partial charge in [-0.15, -0.1) is 0 Å². The highest BCUT2D eigenvalue weighted by molar-refractivity contribution is 5.70. The van der Waals surface area contributed by atoms with Crippen molar-refractivity contribution in [3.63, 3.8) is 0 Å². The summed E-state index contributed by atoms with van der Waals surface area (Å²) >= 11 is 0. The number of hydrogen-bond acceptors (Lipinski definition) is 2. The molecule has 1 aliphatic carbocycles. The minimum atomic E-state index is -0.284. The lowest BCUT2D eigenvalue weighted by Crippen LogP contribution is -2.20. The molecule has 0 bridgehead atoms. The van der Waals surface area contributed by atoms with Crippen LogP contribution in [0.2, 0.25) is 0 Å². The maximum absolute atomic E-state index is 11.6. The summed E-state index contributed by atoms with van der Waals surface area (Å²) in [6.07, 6.45) is 8.16. The van der Waals surface area contributed by atoms with Crippen molar-refractivity contribution in [1.82, 2.24) is 4.57 Å². The van der Waals surface area contributed by atoms with E-state index in [1.54, 1.807) is 12.4 Å². The molecule has 1 atom stereocenters. The molecule has 15 heavy (non-hydrogen) atoms. The number of ether oxygens (including phenoxy) is 1. The van der Waals surface area contributed by atoms with Gasteiger partial charge in [0.05, 0.1) is 0 Å². The molecular weight excluding hydrogens is 190 g/mol. The van der Waals surface area contributed by atoms with Crippen LogP contribution in [0.5, 0.6) is 0 Å². The van der Waals surface area contributed by atoms with Crippen LogP contribution in [0.3, 0.4) is 0 Å². The predicted octanol–water partition coefficient (Wildman–Crippen LogP) is 2.97. The third-order valence-electron chi connectivity index (χ3n) is 2.52. The first kappa shape index (κ1) is 10.0. The van der Waals surface area contributed by atoms with Gasteiger partial charge in [0.25, 0.3) is 0 Å². The molecule has 0 amide bonds. The Balaban J connectivity index is 1.88. The Morgan fingerprint density at radius 1 is 1.53 bits per heavy atom. The van der Waals surface area contributed by atoms with E-state index in [1.807, 2.05) is 19.1 Å². The Morgan fingerprint density at radius 2 is 2.20 bits per heavy atom. The van der Waals surface area contributed by atoms with Crippen LogP contribution in [0.15, 0.2) is 36.2 Å². The van der Waals surface area contributed by atoms with Gasteiger partial charge in [0.15, 0.2) is 0 Å². The standard InChI is InChI=1S/C12H15NO2/c1-2-11(9-10-5-6-10)15-12(14)13-7-3-4-8-13/h3-5,7-8,11H,2,6,9H2,1H3. The Hall–Kier alpha value is -1.51. The second-order valence-electron chi connectivity index (χ2n) is 3.77. The summed E-state index contributed by atoms with van der Waals surface area (Å²) in [6.45, 7) is 2.04. The highest BCUT2D eigenvalue weighted by atomic mass is 16.6. The fourth-order valence-corrected chi connectivity index (χ4v) is 1.46. The maximum atomic E-state index is 11.6. The van der Waals surface area contributed by atoms with E-state index in [0.717, 1.165) is 19.3 Å². The number of nitrogens with zero attached hydrogens (tertiary/aromatic N) is 1. The predicted molar refractivity (Wildman–Crippen MR) is 57.7 cm³/mol. The molecule has 3 nitrogen and oxygen atoms in total. The molecule has 0 aromatic carbocycles. The summed E-state index contributed by atoms with van der Waals surface area (Å²) in [5.74, 6) is 0. The van der Waals surface area contributed by atoms with Crippen LogP contribution in [0.4, 0.5) is 4.79 Å². The van der Waals surface area contributed by atoms with E-state index in [2.05, 4.69) is 6.08 Å². The molecule has 2 rings (SSSR count). The molecule has 0 saturated carbocycles. The average Bonchev–Trinajstić information content (AvgIpc) is 2.88. The Bertz CT molecular complexity index is 365. The second-order valence-corrected chi connectivity index (χ2v) is 3.77. The molecule has 0 radical (unpaired) electrons. The number of aromatic nitrogens is 1. The number of allylic oxidation sites excluding steroid dienone is 1. The summed E-state index contributed by atoms with van der Waals surface area (Å²) in [7, 11) is 0. The SMILES string of the molecule is CCC(CC1=CC1)OC(=O)n1cccc1. The summed E-state index contributed by atoms with van der Waals surface area (Å²) in [6, 6.07) is 3.62. The lowest BCUT2D eigenvalue weighted by molar-refractivity contribution is 0.0970. The molecule has 1 aliphatic rings. The zero-order chi connectivity index (χ0) is 10.7. The zero-order valence-corrected chi connectivity index (χ0v) is 8.85. The van der Waals surface area contributed by atoms with Gasteiger partial charge in [0.2, 0.25) is 0 Å². The largest absolute Gasteiger partial charge is 0.445 e. The molecule has 1 heterocycles. The maximum Gasteiger partial charge on any atom is 0.418 e. The van der Waals surface area contributed by atoms with Gasteiger partial charge in [-0.1, -0.05) is 18.6 Å². The van der Waals surface area contributed by atoms with Gasteiger partial charge < -0.3 is 4.74 Å². The normalized spacial score (nSPS) is 15.7. The van der Waals surface area contributed by atoms with Crippen molar-refractivity contribution < 1.29 is 9.53 Å². The van der Waals surface area contributed by atoms with Crippen LogP contribution in [-0.2, 0) is 4.74 Å². The minimum Gasteiger partial charge on any atom is -0.445 e. The molecule has 0 saturated heterocycles. The molecule has 80 valence electrons. The first-order chi connectivity index (χ1) is 7.29. The van der Waals surface area contributed by atoms with Gasteiger partial charge >= 0.3 is 6.09 Å². The van der Waals surface area contributed by atoms with Crippen molar-refractivity contribution in [2.75, 3.05) is 0 Å². The van der Waals surface area contributed by atoms with E-state index in [1.165, 1.54) is 10.1 Å². The molecular formula is C12H15NO2. The summed E-state index contributed by atoms with van der Waals surface area (Å²) in [5.41, 5.74) is 1.40. The van der Waals surface area contributed by atoms with Crippen LogP contribution in [0, 0.1) is 0 Å². The smallest absolute Gasteiger partial charge is 0.418 e. The Kier molecular flexibility index (Phi) is 2.90. The van der Waals surface area contributed by atoms with E-state index in [4.69, 9.17) is 4.74 Å². The van der Waals surface area contributed by atoms with Crippen LogP contribution < -0.4 is 0 Å². The summed E-state index contributed by atoms with van der Waals surface area (Å²) in [5, 5.41) is 0. The summed E-state index contributed by atoms with van der Waals surface area (Å²) in [4.78, 5) is 11.6. The molecule has 1 aromatic rings. The molecule has 1 unspecified atom stereocenters. The molecule has 0 fully saturated rings. The molecule has 0 aliphatic heterocycles. The van der Waals surface area contributed by atoms with Crippen molar-refractivity contribution in [2.24, 2.45) is 0 Å². The van der Waals surface area contributed by atoms with Crippen molar-refractivity contribution in [1.29, 1.82) is 0 Å². The highest BCUT2D eigenvalue weighted by Crippen LogP contribution is 2.26. The lowest BCUT2D eigenvalue weighted by Gasteiger charge is -2.14. The van der Waals surface area contributed by atoms with E-state index < -0.39 is 0 Å². The average molecular weight is 205 g/mol. The van der Waals surface area contributed by atoms with Gasteiger partial charge in [-0.2, -0.15) is 0 Å². The van der Waals surface area contributed by atoms with Gasteiger partial charge in [0, 0.05) is 18.8 Å². The van der Waals surface area contributed by atoms with Gasteiger partial charge in [-0.05, 0) is 25.0 Å². The first-order valence-electron chi connectivity index (χ1n) is 5.31. The summed E-state index contributed by atoms with van der Waals surface area (Å²) < 4.78 is 6.84. The lowest BCUT2D eigenvalue weighted by atomic mass is 10.1. The molecule has 1 aromatic heterocycles. The van der Waals surface area contributed by atoms with Crippen LogP contribution in [-0.4, -0.2) is 16.8 Å². The highest BCUT2D eigenvalue weighted by Gasteiger charge is 2.18. The van der Waals surface area contributed by atoms with Gasteiger partial charge in [-0.3, -0.25) is 4.57 Å². The number of carbonyl (C=O) groups is 1. The van der Waals surface area contributed by atoms with E-state index >= 15 is 0 Å². The first-order valence-corrected chi connectivity index (χ1v) is 5.31. The number of carbonyl (C=O) groups excluding carboxylic acids is 1. The fourth-order valence-electron chi connectivity index (χ4n) is 1.46. The molecule has 3 heteroatoms. The molecule has 0 spiro atoms. The van der Waals surface area contributed by atoms with Crippen molar-refractivity contribution in [3.05, 3.63) is 36.2 Å². The van der Waals surface area contributed by atoms with Crippen LogP contribution >= 0.6 is 0 Å². The third kappa shape index (κ3) is 2.72. The topological polar surface area (TPSA) is 31.2 Å². The Morgan fingerprint density at radius 3 is 2.73 bits per heavy atom. The van der Waals surface area contributed by atoms with E-state index in [-0.39, 0.29) is 12.2 Å². The van der Waals surface area contributed by atoms with Gasteiger partial charge in [0.1, 0.15) is 6.10 Å². The quantitative estimate of drug-likeness (QED) is 0.707. The van der Waals surface area contributed by atoms with Crippen molar-refractivity contribution in [3.8, 4) is 0 Å².